The maximum atomic E-state index is 5.30. The van der Waals surface area contributed by atoms with E-state index in [1.54, 1.807) is 7.11 Å². The van der Waals surface area contributed by atoms with Gasteiger partial charge in [-0.3, -0.25) is 0 Å². The Hall–Kier alpha value is -1.02. The van der Waals surface area contributed by atoms with Crippen LogP contribution in [0.3, 0.4) is 0 Å². The third-order valence-corrected chi connectivity index (χ3v) is 4.19. The summed E-state index contributed by atoms with van der Waals surface area (Å²) < 4.78 is 5.30. The lowest BCUT2D eigenvalue weighted by Crippen LogP contribution is -2.34. The standard InChI is InChI=1S/C15H21NO/c1-17-14-4-2-3-11(9-14)15-8-5-12(15)10-16-13-6-7-13/h2-4,9,12-13,15-16H,5-8,10H2,1H3. The molecule has 2 unspecified atom stereocenters. The average Bonchev–Trinajstić information content (AvgIpc) is 3.12. The summed E-state index contributed by atoms with van der Waals surface area (Å²) in [5.74, 6) is 2.57. The van der Waals surface area contributed by atoms with E-state index in [-0.39, 0.29) is 0 Å². The third-order valence-electron chi connectivity index (χ3n) is 4.19. The van der Waals surface area contributed by atoms with Crippen LogP contribution in [0.25, 0.3) is 0 Å². The second kappa shape index (κ2) is 4.69. The molecule has 2 aliphatic rings. The van der Waals surface area contributed by atoms with E-state index < -0.39 is 0 Å². The first-order chi connectivity index (χ1) is 8.36. The van der Waals surface area contributed by atoms with E-state index in [0.717, 1.165) is 23.6 Å². The van der Waals surface area contributed by atoms with Gasteiger partial charge in [0.2, 0.25) is 0 Å². The molecule has 0 radical (unpaired) electrons. The van der Waals surface area contributed by atoms with Gasteiger partial charge >= 0.3 is 0 Å². The van der Waals surface area contributed by atoms with Gasteiger partial charge in [-0.1, -0.05) is 12.1 Å². The minimum atomic E-state index is 0.747. The van der Waals surface area contributed by atoms with Gasteiger partial charge in [0.15, 0.2) is 0 Å². The molecule has 92 valence electrons. The molecule has 2 atom stereocenters. The number of nitrogens with one attached hydrogen (secondary N) is 1. The number of benzene rings is 1. The van der Waals surface area contributed by atoms with Crippen molar-refractivity contribution in [3.63, 3.8) is 0 Å². The first-order valence-corrected chi connectivity index (χ1v) is 6.74. The molecular formula is C15H21NO. The van der Waals surface area contributed by atoms with E-state index in [1.165, 1.54) is 37.8 Å². The molecule has 3 rings (SSSR count). The van der Waals surface area contributed by atoms with Gasteiger partial charge in [-0.05, 0) is 61.8 Å². The molecule has 2 saturated carbocycles. The van der Waals surface area contributed by atoms with Crippen LogP contribution >= 0.6 is 0 Å². The molecule has 2 heteroatoms. The molecule has 1 aromatic rings. The fourth-order valence-electron chi connectivity index (χ4n) is 2.73. The minimum absolute atomic E-state index is 0.747. The van der Waals surface area contributed by atoms with Gasteiger partial charge in [0.1, 0.15) is 5.75 Å². The number of rotatable bonds is 5. The Balaban J connectivity index is 1.61. The normalized spacial score (nSPS) is 27.6. The van der Waals surface area contributed by atoms with Crippen molar-refractivity contribution in [3.8, 4) is 5.75 Å². The van der Waals surface area contributed by atoms with Crippen molar-refractivity contribution in [1.29, 1.82) is 0 Å². The Morgan fingerprint density at radius 3 is 2.76 bits per heavy atom. The number of hydrogen-bond donors (Lipinski definition) is 1. The zero-order chi connectivity index (χ0) is 11.7. The molecule has 0 bridgehead atoms. The summed E-state index contributed by atoms with van der Waals surface area (Å²) >= 11 is 0. The van der Waals surface area contributed by atoms with Crippen LogP contribution in [0, 0.1) is 5.92 Å². The van der Waals surface area contributed by atoms with Crippen LogP contribution in [0.1, 0.15) is 37.2 Å². The van der Waals surface area contributed by atoms with Crippen LogP contribution in [0.4, 0.5) is 0 Å². The molecule has 17 heavy (non-hydrogen) atoms. The molecule has 1 N–H and O–H groups in total. The topological polar surface area (TPSA) is 21.3 Å². The Labute approximate surface area is 103 Å². The summed E-state index contributed by atoms with van der Waals surface area (Å²) in [6, 6.07) is 9.42. The predicted octanol–water partition coefficient (Wildman–Crippen LogP) is 2.94. The molecule has 0 saturated heterocycles. The molecular weight excluding hydrogens is 210 g/mol. The van der Waals surface area contributed by atoms with Crippen molar-refractivity contribution in [2.24, 2.45) is 5.92 Å². The van der Waals surface area contributed by atoms with E-state index >= 15 is 0 Å². The zero-order valence-corrected chi connectivity index (χ0v) is 10.5. The van der Waals surface area contributed by atoms with Crippen LogP contribution < -0.4 is 10.1 Å². The summed E-state index contributed by atoms with van der Waals surface area (Å²) in [6.07, 6.45) is 5.48. The average molecular weight is 231 g/mol. The van der Waals surface area contributed by atoms with Crippen LogP contribution in [0.5, 0.6) is 5.75 Å². The van der Waals surface area contributed by atoms with Crippen LogP contribution in [0.15, 0.2) is 24.3 Å². The van der Waals surface area contributed by atoms with E-state index in [2.05, 4.69) is 23.5 Å². The highest BCUT2D eigenvalue weighted by atomic mass is 16.5. The molecule has 2 nitrogen and oxygen atoms in total. The monoisotopic (exact) mass is 231 g/mol. The van der Waals surface area contributed by atoms with Crippen LogP contribution in [0.2, 0.25) is 0 Å². The van der Waals surface area contributed by atoms with Crippen molar-refractivity contribution < 1.29 is 4.74 Å². The maximum Gasteiger partial charge on any atom is 0.119 e. The van der Waals surface area contributed by atoms with Crippen molar-refractivity contribution in [2.45, 2.75) is 37.6 Å². The molecule has 0 spiro atoms. The summed E-state index contributed by atoms with van der Waals surface area (Å²) in [5.41, 5.74) is 1.46. The quantitative estimate of drug-likeness (QED) is 0.841. The van der Waals surface area contributed by atoms with Crippen molar-refractivity contribution in [2.75, 3.05) is 13.7 Å². The van der Waals surface area contributed by atoms with Crippen molar-refractivity contribution in [3.05, 3.63) is 29.8 Å². The third kappa shape index (κ3) is 2.47. The van der Waals surface area contributed by atoms with Gasteiger partial charge in [-0.25, -0.2) is 0 Å². The first kappa shape index (κ1) is 11.1. The Bertz CT molecular complexity index is 386. The fraction of sp³-hybridized carbons (Fsp3) is 0.600. The first-order valence-electron chi connectivity index (χ1n) is 6.74. The van der Waals surface area contributed by atoms with Gasteiger partial charge in [-0.2, -0.15) is 0 Å². The maximum absolute atomic E-state index is 5.30. The van der Waals surface area contributed by atoms with Gasteiger partial charge in [-0.15, -0.1) is 0 Å². The van der Waals surface area contributed by atoms with Crippen LogP contribution in [-0.2, 0) is 0 Å². The number of hydrogen-bond acceptors (Lipinski definition) is 2. The number of ether oxygens (including phenoxy) is 1. The molecule has 0 aromatic heterocycles. The van der Waals surface area contributed by atoms with Gasteiger partial charge in [0.05, 0.1) is 7.11 Å². The van der Waals surface area contributed by atoms with E-state index in [0.29, 0.717) is 0 Å². The van der Waals surface area contributed by atoms with Gasteiger partial charge in [0, 0.05) is 6.04 Å². The molecule has 0 amide bonds. The van der Waals surface area contributed by atoms with E-state index in [4.69, 9.17) is 4.74 Å². The second-order valence-electron chi connectivity index (χ2n) is 5.40. The molecule has 0 heterocycles. The lowest BCUT2D eigenvalue weighted by molar-refractivity contribution is 0.244. The zero-order valence-electron chi connectivity index (χ0n) is 10.5. The summed E-state index contributed by atoms with van der Waals surface area (Å²) in [5, 5.41) is 3.66. The van der Waals surface area contributed by atoms with Gasteiger partial charge in [0.25, 0.3) is 0 Å². The Morgan fingerprint density at radius 1 is 1.24 bits per heavy atom. The SMILES string of the molecule is COc1cccc(C2CCC2CNC2CC2)c1. The Kier molecular flexibility index (Phi) is 3.06. The highest BCUT2D eigenvalue weighted by molar-refractivity contribution is 5.32. The second-order valence-corrected chi connectivity index (χ2v) is 5.40. The smallest absolute Gasteiger partial charge is 0.119 e. The fourth-order valence-corrected chi connectivity index (χ4v) is 2.73. The predicted molar refractivity (Wildman–Crippen MR) is 69.5 cm³/mol. The molecule has 0 aliphatic heterocycles. The highest BCUT2D eigenvalue weighted by Gasteiger charge is 2.33. The highest BCUT2D eigenvalue weighted by Crippen LogP contribution is 2.43. The van der Waals surface area contributed by atoms with Crippen molar-refractivity contribution >= 4 is 0 Å². The van der Waals surface area contributed by atoms with Crippen molar-refractivity contribution in [1.82, 2.24) is 5.32 Å². The largest absolute Gasteiger partial charge is 0.497 e. The van der Waals surface area contributed by atoms with E-state index in [9.17, 15) is 0 Å². The Morgan fingerprint density at radius 2 is 2.12 bits per heavy atom. The molecule has 1 aromatic carbocycles. The molecule has 2 fully saturated rings. The summed E-state index contributed by atoms with van der Waals surface area (Å²) in [4.78, 5) is 0. The minimum Gasteiger partial charge on any atom is -0.497 e. The van der Waals surface area contributed by atoms with Gasteiger partial charge < -0.3 is 10.1 Å². The van der Waals surface area contributed by atoms with E-state index in [1.807, 2.05) is 6.07 Å². The van der Waals surface area contributed by atoms with Crippen LogP contribution in [-0.4, -0.2) is 19.7 Å². The lowest BCUT2D eigenvalue weighted by Gasteiger charge is -2.37. The molecule has 2 aliphatic carbocycles. The summed E-state index contributed by atoms with van der Waals surface area (Å²) in [7, 11) is 1.74. The summed E-state index contributed by atoms with van der Waals surface area (Å²) in [6.45, 7) is 1.20. The lowest BCUT2D eigenvalue weighted by atomic mass is 9.70. The number of methoxy groups -OCH3 is 1.